The summed E-state index contributed by atoms with van der Waals surface area (Å²) in [6, 6.07) is 3.26. The van der Waals surface area contributed by atoms with Gasteiger partial charge < -0.3 is 10.2 Å². The number of hydrogen-bond donors (Lipinski definition) is 1. The number of aryl methyl sites for hydroxylation is 1. The number of amides is 2. The Labute approximate surface area is 152 Å². The lowest BCUT2D eigenvalue weighted by molar-refractivity contribution is 0.193. The van der Waals surface area contributed by atoms with Gasteiger partial charge in [-0.15, -0.1) is 0 Å². The number of halogens is 4. The molecule has 0 radical (unpaired) electrons. The number of nitrogens with one attached hydrogen (secondary N) is 1. The molecule has 1 N–H and O–H groups in total. The van der Waals surface area contributed by atoms with Crippen molar-refractivity contribution in [2.75, 3.05) is 13.1 Å². The number of carbonyl (C=O) groups excluding carboxylic acids is 1. The second-order valence-corrected chi connectivity index (χ2v) is 7.79. The fourth-order valence-electron chi connectivity index (χ4n) is 2.21. The van der Waals surface area contributed by atoms with Crippen molar-refractivity contribution in [2.45, 2.75) is 43.4 Å². The molecule has 0 bridgehead atoms. The standard InChI is InChI=1S/C16H22Cl3FN2O/c1-4-8-22(9-5-2)15(23)21-14(16(17,18)19)12-7-6-11(3)13(20)10-12/h6-7,10,14H,4-5,8-9H2,1-3H3,(H,21,23). The average Bonchev–Trinajstić information content (AvgIpc) is 2.46. The molecule has 0 aliphatic rings. The molecule has 1 atom stereocenters. The molecule has 0 aromatic heterocycles. The van der Waals surface area contributed by atoms with E-state index >= 15 is 0 Å². The number of carbonyl (C=O) groups is 1. The zero-order valence-electron chi connectivity index (χ0n) is 13.5. The van der Waals surface area contributed by atoms with Gasteiger partial charge in [0.15, 0.2) is 0 Å². The molecule has 0 heterocycles. The Hall–Kier alpha value is -0.710. The maximum Gasteiger partial charge on any atom is 0.318 e. The Bertz CT molecular complexity index is 529. The number of nitrogens with zero attached hydrogens (tertiary/aromatic N) is 1. The fourth-order valence-corrected chi connectivity index (χ4v) is 2.75. The van der Waals surface area contributed by atoms with E-state index in [1.54, 1.807) is 24.0 Å². The minimum atomic E-state index is -1.79. The molecule has 1 aromatic rings. The van der Waals surface area contributed by atoms with Crippen LogP contribution in [0.25, 0.3) is 0 Å². The highest BCUT2D eigenvalue weighted by molar-refractivity contribution is 6.68. The Morgan fingerprint density at radius 1 is 1.26 bits per heavy atom. The number of alkyl halides is 3. The van der Waals surface area contributed by atoms with E-state index in [1.165, 1.54) is 6.07 Å². The van der Waals surface area contributed by atoms with E-state index in [1.807, 2.05) is 13.8 Å². The molecule has 0 saturated heterocycles. The highest BCUT2D eigenvalue weighted by atomic mass is 35.6. The normalized spacial score (nSPS) is 12.8. The van der Waals surface area contributed by atoms with Crippen LogP contribution in [-0.4, -0.2) is 27.8 Å². The molecular weight excluding hydrogens is 362 g/mol. The highest BCUT2D eigenvalue weighted by Gasteiger charge is 2.36. The molecule has 1 unspecified atom stereocenters. The third-order valence-corrected chi connectivity index (χ3v) is 4.05. The predicted octanol–water partition coefficient (Wildman–Crippen LogP) is 5.38. The summed E-state index contributed by atoms with van der Waals surface area (Å²) in [7, 11) is 0. The van der Waals surface area contributed by atoms with Crippen molar-refractivity contribution in [3.8, 4) is 0 Å². The van der Waals surface area contributed by atoms with Crippen LogP contribution in [-0.2, 0) is 0 Å². The van der Waals surface area contributed by atoms with Crippen molar-refractivity contribution in [3.63, 3.8) is 0 Å². The summed E-state index contributed by atoms with van der Waals surface area (Å²) in [6.45, 7) is 6.82. The Balaban J connectivity index is 3.03. The lowest BCUT2D eigenvalue weighted by Crippen LogP contribution is -2.45. The van der Waals surface area contributed by atoms with Gasteiger partial charge in [-0.25, -0.2) is 9.18 Å². The lowest BCUT2D eigenvalue weighted by Gasteiger charge is -2.30. The van der Waals surface area contributed by atoms with Crippen LogP contribution < -0.4 is 5.32 Å². The predicted molar refractivity (Wildman–Crippen MR) is 94.9 cm³/mol. The van der Waals surface area contributed by atoms with Crippen molar-refractivity contribution in [3.05, 3.63) is 35.1 Å². The topological polar surface area (TPSA) is 32.3 Å². The minimum Gasteiger partial charge on any atom is -0.327 e. The summed E-state index contributed by atoms with van der Waals surface area (Å²) in [5.74, 6) is -0.407. The van der Waals surface area contributed by atoms with Gasteiger partial charge >= 0.3 is 6.03 Å². The third kappa shape index (κ3) is 6.02. The molecule has 23 heavy (non-hydrogen) atoms. The average molecular weight is 384 g/mol. The van der Waals surface area contributed by atoms with Crippen molar-refractivity contribution < 1.29 is 9.18 Å². The molecule has 1 rings (SSSR count). The van der Waals surface area contributed by atoms with Crippen LogP contribution in [0.5, 0.6) is 0 Å². The largest absolute Gasteiger partial charge is 0.327 e. The maximum atomic E-state index is 13.8. The third-order valence-electron chi connectivity index (χ3n) is 3.40. The van der Waals surface area contributed by atoms with Crippen molar-refractivity contribution in [2.24, 2.45) is 0 Å². The van der Waals surface area contributed by atoms with Crippen molar-refractivity contribution in [1.82, 2.24) is 10.2 Å². The molecule has 7 heteroatoms. The number of benzene rings is 1. The number of rotatable bonds is 6. The summed E-state index contributed by atoms with van der Waals surface area (Å²) in [5, 5.41) is 2.71. The minimum absolute atomic E-state index is 0.328. The molecule has 2 amide bonds. The van der Waals surface area contributed by atoms with E-state index in [0.717, 1.165) is 12.8 Å². The van der Waals surface area contributed by atoms with Crippen molar-refractivity contribution >= 4 is 40.8 Å². The van der Waals surface area contributed by atoms with Crippen LogP contribution in [0.2, 0.25) is 0 Å². The Morgan fingerprint density at radius 3 is 2.26 bits per heavy atom. The Morgan fingerprint density at radius 2 is 1.83 bits per heavy atom. The second-order valence-electron chi connectivity index (χ2n) is 5.42. The first-order chi connectivity index (χ1) is 10.7. The van der Waals surface area contributed by atoms with Gasteiger partial charge in [0, 0.05) is 13.1 Å². The van der Waals surface area contributed by atoms with Crippen LogP contribution in [0, 0.1) is 12.7 Å². The Kier molecular flexibility index (Phi) is 7.91. The first kappa shape index (κ1) is 20.3. The number of hydrogen-bond acceptors (Lipinski definition) is 1. The van der Waals surface area contributed by atoms with Gasteiger partial charge in [0.2, 0.25) is 3.79 Å². The zero-order valence-corrected chi connectivity index (χ0v) is 15.8. The van der Waals surface area contributed by atoms with E-state index in [-0.39, 0.29) is 6.03 Å². The van der Waals surface area contributed by atoms with Gasteiger partial charge in [0.25, 0.3) is 0 Å². The van der Waals surface area contributed by atoms with Gasteiger partial charge in [-0.05, 0) is 37.0 Å². The molecular formula is C16H22Cl3FN2O. The first-order valence-corrected chi connectivity index (χ1v) is 8.72. The van der Waals surface area contributed by atoms with E-state index < -0.39 is 15.7 Å². The van der Waals surface area contributed by atoms with Crippen LogP contribution in [0.3, 0.4) is 0 Å². The van der Waals surface area contributed by atoms with E-state index in [2.05, 4.69) is 5.32 Å². The van der Waals surface area contributed by atoms with E-state index in [0.29, 0.717) is 24.2 Å². The molecule has 3 nitrogen and oxygen atoms in total. The summed E-state index contributed by atoms with van der Waals surface area (Å²) >= 11 is 18.0. The molecule has 0 fully saturated rings. The van der Waals surface area contributed by atoms with Crippen molar-refractivity contribution in [1.29, 1.82) is 0 Å². The van der Waals surface area contributed by atoms with Gasteiger partial charge in [0.1, 0.15) is 11.9 Å². The smallest absolute Gasteiger partial charge is 0.318 e. The monoisotopic (exact) mass is 382 g/mol. The van der Waals surface area contributed by atoms with Gasteiger partial charge in [-0.2, -0.15) is 0 Å². The summed E-state index contributed by atoms with van der Waals surface area (Å²) in [5.41, 5.74) is 0.899. The van der Waals surface area contributed by atoms with Gasteiger partial charge in [-0.1, -0.05) is 60.8 Å². The van der Waals surface area contributed by atoms with Gasteiger partial charge in [-0.3, -0.25) is 0 Å². The molecule has 0 aliphatic carbocycles. The second kappa shape index (κ2) is 8.95. The summed E-state index contributed by atoms with van der Waals surface area (Å²) < 4.78 is 12.0. The summed E-state index contributed by atoms with van der Waals surface area (Å²) in [6.07, 6.45) is 1.65. The zero-order chi connectivity index (χ0) is 17.6. The summed E-state index contributed by atoms with van der Waals surface area (Å²) in [4.78, 5) is 14.1. The molecule has 0 saturated carbocycles. The molecule has 0 aliphatic heterocycles. The number of urea groups is 1. The first-order valence-electron chi connectivity index (χ1n) is 7.58. The highest BCUT2D eigenvalue weighted by Crippen LogP contribution is 2.40. The van der Waals surface area contributed by atoms with E-state index in [4.69, 9.17) is 34.8 Å². The fraction of sp³-hybridized carbons (Fsp3) is 0.562. The van der Waals surface area contributed by atoms with Crippen LogP contribution >= 0.6 is 34.8 Å². The lowest BCUT2D eigenvalue weighted by atomic mass is 10.1. The van der Waals surface area contributed by atoms with Gasteiger partial charge in [0.05, 0.1) is 0 Å². The maximum absolute atomic E-state index is 13.8. The van der Waals surface area contributed by atoms with Crippen LogP contribution in [0.15, 0.2) is 18.2 Å². The van der Waals surface area contributed by atoms with Crippen LogP contribution in [0.1, 0.15) is 43.9 Å². The van der Waals surface area contributed by atoms with E-state index in [9.17, 15) is 9.18 Å². The molecule has 130 valence electrons. The quantitative estimate of drug-likeness (QED) is 0.657. The SMILES string of the molecule is CCCN(CCC)C(=O)NC(c1ccc(C)c(F)c1)C(Cl)(Cl)Cl. The molecule has 1 aromatic carbocycles. The van der Waals surface area contributed by atoms with Crippen LogP contribution in [0.4, 0.5) is 9.18 Å². The molecule has 0 spiro atoms.